The van der Waals surface area contributed by atoms with Gasteiger partial charge in [-0.05, 0) is 24.4 Å². The van der Waals surface area contributed by atoms with E-state index in [0.29, 0.717) is 6.42 Å². The minimum absolute atomic E-state index is 0.202. The molecule has 0 fully saturated rings. The van der Waals surface area contributed by atoms with E-state index in [1.807, 2.05) is 0 Å². The molecule has 0 radical (unpaired) electrons. The smallest absolute Gasteiger partial charge is 0.222 e. The molecule has 1 aromatic heterocycles. The van der Waals surface area contributed by atoms with Gasteiger partial charge in [-0.3, -0.25) is 4.79 Å². The van der Waals surface area contributed by atoms with Crippen LogP contribution in [0.15, 0.2) is 17.5 Å². The van der Waals surface area contributed by atoms with Crippen LogP contribution in [0.25, 0.3) is 0 Å². The second-order valence-corrected chi connectivity index (χ2v) is 4.68. The highest BCUT2D eigenvalue weighted by Gasteiger charge is 2.02. The van der Waals surface area contributed by atoms with E-state index in [1.165, 1.54) is 4.88 Å². The molecular weight excluding hydrogens is 208 g/mol. The van der Waals surface area contributed by atoms with Crippen molar-refractivity contribution in [2.75, 3.05) is 20.6 Å². The standard InChI is InChI=1S/C11H18N2OS/c1-13(2)11(14)6-3-7-12-9-10-5-4-8-15-10/h4-5,8,12H,3,6-7,9H2,1-2H3. The van der Waals surface area contributed by atoms with Crippen molar-refractivity contribution in [2.45, 2.75) is 19.4 Å². The number of hydrogen-bond acceptors (Lipinski definition) is 3. The van der Waals surface area contributed by atoms with Gasteiger partial charge in [-0.15, -0.1) is 11.3 Å². The molecule has 0 saturated heterocycles. The Hall–Kier alpha value is -0.870. The van der Waals surface area contributed by atoms with E-state index < -0.39 is 0 Å². The summed E-state index contributed by atoms with van der Waals surface area (Å²) in [5.74, 6) is 0.202. The SMILES string of the molecule is CN(C)C(=O)CCCNCc1cccs1. The lowest BCUT2D eigenvalue weighted by Crippen LogP contribution is -2.23. The molecule has 1 aromatic rings. The zero-order valence-corrected chi connectivity index (χ0v) is 10.1. The first-order valence-corrected chi connectivity index (χ1v) is 6.01. The van der Waals surface area contributed by atoms with Crippen molar-refractivity contribution < 1.29 is 4.79 Å². The van der Waals surface area contributed by atoms with Crippen molar-refractivity contribution in [3.63, 3.8) is 0 Å². The van der Waals surface area contributed by atoms with Crippen LogP contribution in [0.2, 0.25) is 0 Å². The van der Waals surface area contributed by atoms with Crippen molar-refractivity contribution in [3.05, 3.63) is 22.4 Å². The van der Waals surface area contributed by atoms with Crippen LogP contribution < -0.4 is 5.32 Å². The summed E-state index contributed by atoms with van der Waals surface area (Å²) in [6.45, 7) is 1.81. The number of nitrogens with one attached hydrogen (secondary N) is 1. The fraction of sp³-hybridized carbons (Fsp3) is 0.545. The van der Waals surface area contributed by atoms with Gasteiger partial charge in [0.2, 0.25) is 5.91 Å². The highest BCUT2D eigenvalue weighted by atomic mass is 32.1. The van der Waals surface area contributed by atoms with Gasteiger partial charge in [0, 0.05) is 31.9 Å². The molecule has 1 heterocycles. The maximum absolute atomic E-state index is 11.2. The Balaban J connectivity index is 2.00. The number of amides is 1. The van der Waals surface area contributed by atoms with Gasteiger partial charge in [-0.2, -0.15) is 0 Å². The maximum atomic E-state index is 11.2. The Morgan fingerprint density at radius 3 is 2.93 bits per heavy atom. The molecule has 0 unspecified atom stereocenters. The zero-order chi connectivity index (χ0) is 11.1. The van der Waals surface area contributed by atoms with Crippen molar-refractivity contribution in [2.24, 2.45) is 0 Å². The molecule has 0 bridgehead atoms. The van der Waals surface area contributed by atoms with Crippen molar-refractivity contribution in [3.8, 4) is 0 Å². The third-order valence-corrected chi connectivity index (χ3v) is 3.00. The lowest BCUT2D eigenvalue weighted by Gasteiger charge is -2.09. The Bertz CT molecular complexity index is 283. The summed E-state index contributed by atoms with van der Waals surface area (Å²) < 4.78 is 0. The molecule has 0 aliphatic carbocycles. The third kappa shape index (κ3) is 4.95. The number of carbonyl (C=O) groups excluding carboxylic acids is 1. The fourth-order valence-corrected chi connectivity index (χ4v) is 1.89. The van der Waals surface area contributed by atoms with Crippen LogP contribution >= 0.6 is 11.3 Å². The molecule has 1 amide bonds. The monoisotopic (exact) mass is 226 g/mol. The minimum Gasteiger partial charge on any atom is -0.349 e. The Morgan fingerprint density at radius 1 is 1.53 bits per heavy atom. The van der Waals surface area contributed by atoms with Gasteiger partial charge in [-0.1, -0.05) is 6.07 Å². The molecule has 0 spiro atoms. The van der Waals surface area contributed by atoms with Gasteiger partial charge in [0.25, 0.3) is 0 Å². The van der Waals surface area contributed by atoms with Crippen LogP contribution in [0.3, 0.4) is 0 Å². The fourth-order valence-electron chi connectivity index (χ4n) is 1.21. The summed E-state index contributed by atoms with van der Waals surface area (Å²) in [6.07, 6.45) is 1.53. The second-order valence-electron chi connectivity index (χ2n) is 3.65. The first-order valence-electron chi connectivity index (χ1n) is 5.13. The van der Waals surface area contributed by atoms with E-state index in [1.54, 1.807) is 30.3 Å². The minimum atomic E-state index is 0.202. The van der Waals surface area contributed by atoms with Crippen molar-refractivity contribution >= 4 is 17.2 Å². The molecule has 84 valence electrons. The molecule has 1 N–H and O–H groups in total. The molecule has 3 nitrogen and oxygen atoms in total. The topological polar surface area (TPSA) is 32.3 Å². The van der Waals surface area contributed by atoms with Crippen molar-refractivity contribution in [1.82, 2.24) is 10.2 Å². The molecule has 4 heteroatoms. The average Bonchev–Trinajstić information content (AvgIpc) is 2.69. The Labute approximate surface area is 95.1 Å². The molecule has 0 atom stereocenters. The first-order chi connectivity index (χ1) is 7.20. The van der Waals surface area contributed by atoms with Crippen LogP contribution in [0.1, 0.15) is 17.7 Å². The predicted molar refractivity (Wildman–Crippen MR) is 64.0 cm³/mol. The molecule has 0 aliphatic heterocycles. The molecule has 0 aromatic carbocycles. The molecule has 0 saturated carbocycles. The molecular formula is C11H18N2OS. The van der Waals surface area contributed by atoms with E-state index in [2.05, 4.69) is 22.8 Å². The summed E-state index contributed by atoms with van der Waals surface area (Å²) in [6, 6.07) is 4.17. The predicted octanol–water partition coefficient (Wildman–Crippen LogP) is 1.71. The van der Waals surface area contributed by atoms with Gasteiger partial charge >= 0.3 is 0 Å². The largest absolute Gasteiger partial charge is 0.349 e. The van der Waals surface area contributed by atoms with Gasteiger partial charge in [0.1, 0.15) is 0 Å². The number of rotatable bonds is 6. The van der Waals surface area contributed by atoms with Crippen LogP contribution in [0, 0.1) is 0 Å². The van der Waals surface area contributed by atoms with Crippen LogP contribution in [0.4, 0.5) is 0 Å². The number of carbonyl (C=O) groups is 1. The summed E-state index contributed by atoms with van der Waals surface area (Å²) in [7, 11) is 3.59. The summed E-state index contributed by atoms with van der Waals surface area (Å²) in [5.41, 5.74) is 0. The van der Waals surface area contributed by atoms with E-state index >= 15 is 0 Å². The molecule has 1 rings (SSSR count). The maximum Gasteiger partial charge on any atom is 0.222 e. The third-order valence-electron chi connectivity index (χ3n) is 2.12. The summed E-state index contributed by atoms with van der Waals surface area (Å²) >= 11 is 1.75. The van der Waals surface area contributed by atoms with Gasteiger partial charge < -0.3 is 10.2 Å². The van der Waals surface area contributed by atoms with Crippen LogP contribution in [-0.4, -0.2) is 31.4 Å². The quantitative estimate of drug-likeness (QED) is 0.749. The Kier molecular flexibility index (Phi) is 5.36. The second kappa shape index (κ2) is 6.58. The zero-order valence-electron chi connectivity index (χ0n) is 9.32. The molecule has 15 heavy (non-hydrogen) atoms. The normalized spacial score (nSPS) is 10.3. The number of hydrogen-bond donors (Lipinski definition) is 1. The highest BCUT2D eigenvalue weighted by Crippen LogP contribution is 2.07. The number of nitrogens with zero attached hydrogens (tertiary/aromatic N) is 1. The average molecular weight is 226 g/mol. The van der Waals surface area contributed by atoms with E-state index in [-0.39, 0.29) is 5.91 Å². The van der Waals surface area contributed by atoms with Crippen LogP contribution in [0.5, 0.6) is 0 Å². The van der Waals surface area contributed by atoms with Gasteiger partial charge in [0.15, 0.2) is 0 Å². The first kappa shape index (κ1) is 12.2. The number of thiophene rings is 1. The Morgan fingerprint density at radius 2 is 2.33 bits per heavy atom. The van der Waals surface area contributed by atoms with Gasteiger partial charge in [-0.25, -0.2) is 0 Å². The summed E-state index contributed by atoms with van der Waals surface area (Å²) in [4.78, 5) is 14.2. The van der Waals surface area contributed by atoms with Crippen LogP contribution in [-0.2, 0) is 11.3 Å². The van der Waals surface area contributed by atoms with Gasteiger partial charge in [0.05, 0.1) is 0 Å². The lowest BCUT2D eigenvalue weighted by molar-refractivity contribution is -0.128. The summed E-state index contributed by atoms with van der Waals surface area (Å²) in [5, 5.41) is 5.40. The van der Waals surface area contributed by atoms with E-state index in [4.69, 9.17) is 0 Å². The van der Waals surface area contributed by atoms with Crippen molar-refractivity contribution in [1.29, 1.82) is 0 Å². The lowest BCUT2D eigenvalue weighted by atomic mass is 10.3. The van der Waals surface area contributed by atoms with E-state index in [9.17, 15) is 4.79 Å². The highest BCUT2D eigenvalue weighted by molar-refractivity contribution is 7.09. The van der Waals surface area contributed by atoms with E-state index in [0.717, 1.165) is 19.5 Å². The molecule has 0 aliphatic rings.